The van der Waals surface area contributed by atoms with Crippen LogP contribution in [0.25, 0.3) is 0 Å². The molecule has 1 saturated heterocycles. The first-order chi connectivity index (χ1) is 20.2. The number of halogens is 2. The second-order valence-electron chi connectivity index (χ2n) is 11.6. The number of hydrogen-bond donors (Lipinski definition) is 2. The fourth-order valence-corrected chi connectivity index (χ4v) is 7.93. The molecule has 3 aromatic rings. The van der Waals surface area contributed by atoms with Crippen LogP contribution in [0.5, 0.6) is 0 Å². The van der Waals surface area contributed by atoms with Gasteiger partial charge in [0.2, 0.25) is 11.9 Å². The lowest BCUT2D eigenvalue weighted by atomic mass is 9.91. The Morgan fingerprint density at radius 1 is 1.21 bits per heavy atom. The van der Waals surface area contributed by atoms with E-state index >= 15 is 0 Å². The molecule has 0 unspecified atom stereocenters. The van der Waals surface area contributed by atoms with Gasteiger partial charge in [0, 0.05) is 23.0 Å². The number of rotatable bonds is 8. The van der Waals surface area contributed by atoms with E-state index < -0.39 is 39.0 Å². The topological polar surface area (TPSA) is 149 Å². The summed E-state index contributed by atoms with van der Waals surface area (Å²) in [5.74, 6) is -0.928. The molecule has 2 amide bonds. The molecule has 0 saturated carbocycles. The number of nitrogens with zero attached hydrogens (tertiary/aromatic N) is 5. The van der Waals surface area contributed by atoms with Crippen molar-refractivity contribution >= 4 is 56.7 Å². The highest BCUT2D eigenvalue weighted by Gasteiger charge is 2.53. The van der Waals surface area contributed by atoms with Gasteiger partial charge in [0.25, 0.3) is 15.9 Å². The average Bonchev–Trinajstić information content (AvgIpc) is 3.66. The first-order valence-electron chi connectivity index (χ1n) is 13.5. The van der Waals surface area contributed by atoms with Crippen molar-refractivity contribution in [2.75, 3.05) is 18.1 Å². The maximum atomic E-state index is 14.3. The van der Waals surface area contributed by atoms with Crippen molar-refractivity contribution in [3.05, 3.63) is 69.8 Å². The largest absolute Gasteiger partial charge is 0.394 e. The molecule has 0 spiro atoms. The van der Waals surface area contributed by atoms with E-state index in [9.17, 15) is 28.4 Å². The highest BCUT2D eigenvalue weighted by molar-refractivity contribution is 7.89. The van der Waals surface area contributed by atoms with Gasteiger partial charge < -0.3 is 10.4 Å². The molecule has 5 rings (SSSR count). The number of imidazole rings is 1. The number of aliphatic hydroxyl groups is 1. The number of benzene rings is 2. The molecule has 1 aromatic heterocycles. The lowest BCUT2D eigenvalue weighted by Gasteiger charge is -2.30. The fourth-order valence-electron chi connectivity index (χ4n) is 5.57. The van der Waals surface area contributed by atoms with Crippen LogP contribution in [0.3, 0.4) is 0 Å². The van der Waals surface area contributed by atoms with Gasteiger partial charge in [-0.2, -0.15) is 9.57 Å². The van der Waals surface area contributed by atoms with Gasteiger partial charge in [-0.1, -0.05) is 35.3 Å². The smallest absolute Gasteiger partial charge is 0.261 e. The third-order valence-electron chi connectivity index (χ3n) is 7.74. The number of sulfonamides is 1. The lowest BCUT2D eigenvalue weighted by Crippen LogP contribution is -2.54. The summed E-state index contributed by atoms with van der Waals surface area (Å²) >= 11 is 12.5. The SMILES string of the molecule is CC(C)(CO)NC(=O)[C@@H]1CCCN1S(=O)(=O)c1cnc2n1[C@](C)(Cc1ccc(C#N)cc1)C(=O)N2c1cc(Cl)cc(Cl)c1. The first kappa shape index (κ1) is 31.0. The molecule has 2 aromatic carbocycles. The third-order valence-corrected chi connectivity index (χ3v) is 10.0. The normalized spacial score (nSPS) is 20.7. The van der Waals surface area contributed by atoms with Crippen molar-refractivity contribution in [2.45, 2.75) is 62.2 Å². The average molecular weight is 646 g/mol. The number of carbonyl (C=O) groups excluding carboxylic acids is 2. The minimum absolute atomic E-state index is 0.0552. The van der Waals surface area contributed by atoms with Gasteiger partial charge in [-0.25, -0.2) is 18.3 Å². The van der Waals surface area contributed by atoms with E-state index in [2.05, 4.69) is 16.4 Å². The molecule has 11 nitrogen and oxygen atoms in total. The molecular formula is C29H30Cl2N6O5S. The third kappa shape index (κ3) is 5.52. The van der Waals surface area contributed by atoms with Crippen LogP contribution < -0.4 is 10.2 Å². The van der Waals surface area contributed by atoms with Crippen molar-refractivity contribution < 1.29 is 23.1 Å². The van der Waals surface area contributed by atoms with Gasteiger partial charge in [0.15, 0.2) is 5.03 Å². The van der Waals surface area contributed by atoms with Crippen LogP contribution >= 0.6 is 23.2 Å². The van der Waals surface area contributed by atoms with E-state index in [0.29, 0.717) is 29.7 Å². The Bertz CT molecular complexity index is 1730. The van der Waals surface area contributed by atoms with Crippen molar-refractivity contribution in [1.29, 1.82) is 5.26 Å². The van der Waals surface area contributed by atoms with Crippen LogP contribution in [0.2, 0.25) is 10.0 Å². The maximum Gasteiger partial charge on any atom is 0.261 e. The van der Waals surface area contributed by atoms with E-state index in [1.54, 1.807) is 45.0 Å². The molecule has 2 aliphatic rings. The molecular weight excluding hydrogens is 615 g/mol. The molecule has 14 heteroatoms. The number of carbonyl (C=O) groups is 2. The Kier molecular flexibility index (Phi) is 8.09. The summed E-state index contributed by atoms with van der Waals surface area (Å²) in [6, 6.07) is 12.3. The second-order valence-corrected chi connectivity index (χ2v) is 14.3. The molecule has 3 heterocycles. The van der Waals surface area contributed by atoms with Crippen molar-refractivity contribution in [3.63, 3.8) is 0 Å². The quantitative estimate of drug-likeness (QED) is 0.379. The van der Waals surface area contributed by atoms with Crippen LogP contribution in [0.4, 0.5) is 11.6 Å². The van der Waals surface area contributed by atoms with Gasteiger partial charge in [0.1, 0.15) is 11.6 Å². The molecule has 226 valence electrons. The van der Waals surface area contributed by atoms with Crippen molar-refractivity contribution in [3.8, 4) is 6.07 Å². The predicted molar refractivity (Wildman–Crippen MR) is 161 cm³/mol. The summed E-state index contributed by atoms with van der Waals surface area (Å²) in [6.07, 6.45) is 2.01. The van der Waals surface area contributed by atoms with Crippen LogP contribution in [0.1, 0.15) is 44.7 Å². The molecule has 0 radical (unpaired) electrons. The standard InChI is InChI=1S/C29H30Cl2N6O5S/c1-28(2,17-38)34-25(39)23-5-4-10-35(23)43(41,42)24-16-33-27-36(22-12-20(30)11-21(31)13-22)26(40)29(3,37(24)27)14-18-6-8-19(15-32)9-7-18/h6-9,11-13,16,23,38H,4-5,10,14,17H2,1-3H3,(H,34,39)/t23-,29+/m0/s1. The molecule has 2 N–H and O–H groups in total. The number of fused-ring (bicyclic) bond motifs is 1. The number of nitriles is 1. The Morgan fingerprint density at radius 2 is 1.86 bits per heavy atom. The van der Waals surface area contributed by atoms with Gasteiger partial charge >= 0.3 is 0 Å². The Hall–Kier alpha value is -3.47. The fraction of sp³-hybridized carbons (Fsp3) is 0.379. The molecule has 2 aliphatic heterocycles. The number of hydrogen-bond acceptors (Lipinski definition) is 7. The Balaban J connectivity index is 1.63. The molecule has 43 heavy (non-hydrogen) atoms. The predicted octanol–water partition coefficient (Wildman–Crippen LogP) is 3.74. The summed E-state index contributed by atoms with van der Waals surface area (Å²) in [7, 11) is -4.36. The zero-order valence-electron chi connectivity index (χ0n) is 23.7. The van der Waals surface area contributed by atoms with Crippen LogP contribution in [-0.2, 0) is 31.6 Å². The van der Waals surface area contributed by atoms with Crippen molar-refractivity contribution in [2.24, 2.45) is 0 Å². The van der Waals surface area contributed by atoms with Gasteiger partial charge in [-0.15, -0.1) is 0 Å². The molecule has 0 aliphatic carbocycles. The second kappa shape index (κ2) is 11.2. The zero-order chi connectivity index (χ0) is 31.3. The van der Waals surface area contributed by atoms with Crippen LogP contribution in [-0.4, -0.2) is 63.9 Å². The summed E-state index contributed by atoms with van der Waals surface area (Å²) in [4.78, 5) is 33.2. The lowest BCUT2D eigenvalue weighted by molar-refractivity contribution is -0.126. The van der Waals surface area contributed by atoms with E-state index in [1.807, 2.05) is 0 Å². The Morgan fingerprint density at radius 3 is 2.47 bits per heavy atom. The highest BCUT2D eigenvalue weighted by Crippen LogP contribution is 2.45. The first-order valence-corrected chi connectivity index (χ1v) is 15.7. The van der Waals surface area contributed by atoms with E-state index in [-0.39, 0.29) is 40.6 Å². The number of aliphatic hydroxyl groups excluding tert-OH is 1. The maximum absolute atomic E-state index is 14.3. The molecule has 0 bridgehead atoms. The molecule has 2 atom stereocenters. The number of nitrogens with one attached hydrogen (secondary N) is 1. The van der Waals surface area contributed by atoms with Gasteiger partial charge in [-0.3, -0.25) is 14.2 Å². The van der Waals surface area contributed by atoms with Crippen molar-refractivity contribution in [1.82, 2.24) is 19.2 Å². The number of anilines is 2. The summed E-state index contributed by atoms with van der Waals surface area (Å²) in [6.45, 7) is 4.67. The van der Waals surface area contributed by atoms with Crippen LogP contribution in [0, 0.1) is 11.3 Å². The van der Waals surface area contributed by atoms with Crippen LogP contribution in [0.15, 0.2) is 53.7 Å². The number of aromatic nitrogens is 2. The van der Waals surface area contributed by atoms with Gasteiger partial charge in [0.05, 0.1) is 35.7 Å². The van der Waals surface area contributed by atoms with E-state index in [4.69, 9.17) is 23.2 Å². The zero-order valence-corrected chi connectivity index (χ0v) is 26.0. The number of amides is 2. The monoisotopic (exact) mass is 644 g/mol. The summed E-state index contributed by atoms with van der Waals surface area (Å²) in [5.41, 5.74) is -0.984. The van der Waals surface area contributed by atoms with Gasteiger partial charge in [-0.05, 0) is 69.5 Å². The molecule has 1 fully saturated rings. The highest BCUT2D eigenvalue weighted by atomic mass is 35.5. The summed E-state index contributed by atoms with van der Waals surface area (Å²) in [5, 5.41) is 21.9. The minimum Gasteiger partial charge on any atom is -0.394 e. The summed E-state index contributed by atoms with van der Waals surface area (Å²) < 4.78 is 31.2. The van der Waals surface area contributed by atoms with E-state index in [1.165, 1.54) is 33.9 Å². The minimum atomic E-state index is -4.36. The van der Waals surface area contributed by atoms with E-state index in [0.717, 1.165) is 4.31 Å². The Labute approximate surface area is 259 Å².